The van der Waals surface area contributed by atoms with Crippen LogP contribution in [0.5, 0.6) is 0 Å². The minimum absolute atomic E-state index is 0.0168. The summed E-state index contributed by atoms with van der Waals surface area (Å²) < 4.78 is 39.1. The fraction of sp³-hybridized carbons (Fsp3) is 0.417. The SMILES string of the molecule is CN(C)CC(=O)NCCc1c(F)cc(F)cc1F. The number of hydrogen-bond donors (Lipinski definition) is 1. The third kappa shape index (κ3) is 4.37. The Balaban J connectivity index is 2.52. The van der Waals surface area contributed by atoms with Crippen LogP contribution in [0.1, 0.15) is 5.56 Å². The molecule has 0 saturated heterocycles. The number of rotatable bonds is 5. The second-order valence-corrected chi connectivity index (χ2v) is 4.19. The smallest absolute Gasteiger partial charge is 0.234 e. The lowest BCUT2D eigenvalue weighted by molar-refractivity contribution is -0.121. The van der Waals surface area contributed by atoms with E-state index in [2.05, 4.69) is 5.32 Å². The highest BCUT2D eigenvalue weighted by Gasteiger charge is 2.11. The maximum Gasteiger partial charge on any atom is 0.234 e. The molecule has 100 valence electrons. The van der Waals surface area contributed by atoms with E-state index in [9.17, 15) is 18.0 Å². The Labute approximate surface area is 104 Å². The van der Waals surface area contributed by atoms with Gasteiger partial charge in [0, 0.05) is 24.2 Å². The zero-order chi connectivity index (χ0) is 13.7. The van der Waals surface area contributed by atoms with Crippen molar-refractivity contribution in [2.24, 2.45) is 0 Å². The second kappa shape index (κ2) is 6.39. The third-order valence-electron chi connectivity index (χ3n) is 2.26. The maximum absolute atomic E-state index is 13.2. The standard InChI is InChI=1S/C12H15F3N2O/c1-17(2)7-12(18)16-4-3-9-10(14)5-8(13)6-11(9)15/h5-6H,3-4,7H2,1-2H3,(H,16,18). The molecule has 0 radical (unpaired) electrons. The van der Waals surface area contributed by atoms with Crippen molar-refractivity contribution in [3.05, 3.63) is 35.1 Å². The predicted octanol–water partition coefficient (Wildman–Crippen LogP) is 1.32. The number of benzene rings is 1. The molecular weight excluding hydrogens is 245 g/mol. The van der Waals surface area contributed by atoms with Gasteiger partial charge in [-0.2, -0.15) is 0 Å². The molecule has 0 aromatic heterocycles. The van der Waals surface area contributed by atoms with Gasteiger partial charge in [-0.15, -0.1) is 0 Å². The number of likely N-dealkylation sites (N-methyl/N-ethyl adjacent to an activating group) is 1. The highest BCUT2D eigenvalue weighted by Crippen LogP contribution is 2.14. The lowest BCUT2D eigenvalue weighted by Crippen LogP contribution is -2.34. The van der Waals surface area contributed by atoms with Crippen molar-refractivity contribution in [1.82, 2.24) is 10.2 Å². The first-order valence-electron chi connectivity index (χ1n) is 5.45. The average Bonchev–Trinajstić information content (AvgIpc) is 2.20. The molecule has 0 heterocycles. The molecule has 1 amide bonds. The number of carbonyl (C=O) groups excluding carboxylic acids is 1. The van der Waals surface area contributed by atoms with Crippen molar-refractivity contribution in [3.8, 4) is 0 Å². The van der Waals surface area contributed by atoms with Crippen LogP contribution in [0.3, 0.4) is 0 Å². The number of hydrogen-bond acceptors (Lipinski definition) is 2. The summed E-state index contributed by atoms with van der Waals surface area (Å²) in [4.78, 5) is 12.9. The largest absolute Gasteiger partial charge is 0.355 e. The molecule has 0 unspecified atom stereocenters. The minimum Gasteiger partial charge on any atom is -0.355 e. The van der Waals surface area contributed by atoms with Gasteiger partial charge < -0.3 is 10.2 Å². The molecular formula is C12H15F3N2O. The van der Waals surface area contributed by atoms with Crippen LogP contribution in [0, 0.1) is 17.5 Å². The molecule has 0 aliphatic heterocycles. The highest BCUT2D eigenvalue weighted by atomic mass is 19.1. The van der Waals surface area contributed by atoms with E-state index in [1.165, 1.54) is 0 Å². The van der Waals surface area contributed by atoms with E-state index >= 15 is 0 Å². The van der Waals surface area contributed by atoms with E-state index in [1.807, 2.05) is 0 Å². The van der Waals surface area contributed by atoms with Crippen molar-refractivity contribution < 1.29 is 18.0 Å². The molecule has 6 heteroatoms. The molecule has 1 aromatic rings. The monoisotopic (exact) mass is 260 g/mol. The second-order valence-electron chi connectivity index (χ2n) is 4.19. The molecule has 3 nitrogen and oxygen atoms in total. The van der Waals surface area contributed by atoms with Gasteiger partial charge in [-0.3, -0.25) is 4.79 Å². The lowest BCUT2D eigenvalue weighted by Gasteiger charge is -2.10. The Bertz CT molecular complexity index is 412. The first-order chi connectivity index (χ1) is 8.40. The fourth-order valence-electron chi connectivity index (χ4n) is 1.48. The number of amides is 1. The van der Waals surface area contributed by atoms with Crippen LogP contribution in [0.4, 0.5) is 13.2 Å². The molecule has 0 spiro atoms. The molecule has 0 aliphatic rings. The van der Waals surface area contributed by atoms with Crippen LogP contribution in [-0.2, 0) is 11.2 Å². The van der Waals surface area contributed by atoms with Crippen molar-refractivity contribution in [1.29, 1.82) is 0 Å². The Hall–Kier alpha value is -1.56. The lowest BCUT2D eigenvalue weighted by atomic mass is 10.1. The minimum atomic E-state index is -0.953. The zero-order valence-corrected chi connectivity index (χ0v) is 10.3. The molecule has 0 saturated carbocycles. The topological polar surface area (TPSA) is 32.3 Å². The molecule has 1 aromatic carbocycles. The summed E-state index contributed by atoms with van der Waals surface area (Å²) in [5.41, 5.74) is -0.221. The van der Waals surface area contributed by atoms with E-state index in [1.54, 1.807) is 19.0 Å². The maximum atomic E-state index is 13.2. The van der Waals surface area contributed by atoms with E-state index < -0.39 is 17.5 Å². The first-order valence-corrected chi connectivity index (χ1v) is 5.45. The summed E-state index contributed by atoms with van der Waals surface area (Å²) in [7, 11) is 3.47. The molecule has 0 aliphatic carbocycles. The number of nitrogens with one attached hydrogen (secondary N) is 1. The summed E-state index contributed by atoms with van der Waals surface area (Å²) in [6, 6.07) is 1.25. The van der Waals surface area contributed by atoms with Crippen molar-refractivity contribution in [2.75, 3.05) is 27.2 Å². The van der Waals surface area contributed by atoms with Crippen LogP contribution >= 0.6 is 0 Å². The van der Waals surface area contributed by atoms with Crippen LogP contribution in [0.25, 0.3) is 0 Å². The number of nitrogens with zero attached hydrogens (tertiary/aromatic N) is 1. The van der Waals surface area contributed by atoms with Crippen molar-refractivity contribution >= 4 is 5.91 Å². The Morgan fingerprint density at radius 1 is 1.22 bits per heavy atom. The van der Waals surface area contributed by atoms with Gasteiger partial charge in [0.05, 0.1) is 6.54 Å². The number of halogens is 3. The van der Waals surface area contributed by atoms with Gasteiger partial charge in [-0.1, -0.05) is 0 Å². The molecule has 18 heavy (non-hydrogen) atoms. The van der Waals surface area contributed by atoms with Crippen LogP contribution in [-0.4, -0.2) is 38.0 Å². The molecule has 1 rings (SSSR count). The van der Waals surface area contributed by atoms with E-state index in [0.29, 0.717) is 12.1 Å². The third-order valence-corrected chi connectivity index (χ3v) is 2.26. The van der Waals surface area contributed by atoms with Crippen LogP contribution in [0.2, 0.25) is 0 Å². The average molecular weight is 260 g/mol. The molecule has 0 fully saturated rings. The quantitative estimate of drug-likeness (QED) is 0.866. The number of carbonyl (C=O) groups is 1. The molecule has 0 atom stereocenters. The normalized spacial score (nSPS) is 10.8. The van der Waals surface area contributed by atoms with Gasteiger partial charge >= 0.3 is 0 Å². The van der Waals surface area contributed by atoms with E-state index in [-0.39, 0.29) is 31.0 Å². The highest BCUT2D eigenvalue weighted by molar-refractivity contribution is 5.77. The van der Waals surface area contributed by atoms with Gasteiger partial charge in [-0.25, -0.2) is 13.2 Å². The van der Waals surface area contributed by atoms with Gasteiger partial charge in [-0.05, 0) is 20.5 Å². The zero-order valence-electron chi connectivity index (χ0n) is 10.3. The molecule has 0 bridgehead atoms. The van der Waals surface area contributed by atoms with Gasteiger partial charge in [0.2, 0.25) is 5.91 Å². The van der Waals surface area contributed by atoms with Crippen molar-refractivity contribution in [3.63, 3.8) is 0 Å². The first kappa shape index (κ1) is 14.5. The predicted molar refractivity (Wildman–Crippen MR) is 61.6 cm³/mol. The van der Waals surface area contributed by atoms with E-state index in [4.69, 9.17) is 0 Å². The van der Waals surface area contributed by atoms with Crippen LogP contribution in [0.15, 0.2) is 12.1 Å². The summed E-state index contributed by atoms with van der Waals surface area (Å²) in [5, 5.41) is 2.52. The van der Waals surface area contributed by atoms with E-state index in [0.717, 1.165) is 0 Å². The summed E-state index contributed by atoms with van der Waals surface area (Å²) in [6.07, 6.45) is -0.0168. The fourth-order valence-corrected chi connectivity index (χ4v) is 1.48. The summed E-state index contributed by atoms with van der Waals surface area (Å²) >= 11 is 0. The van der Waals surface area contributed by atoms with Crippen LogP contribution < -0.4 is 5.32 Å². The van der Waals surface area contributed by atoms with Gasteiger partial charge in [0.15, 0.2) is 0 Å². The summed E-state index contributed by atoms with van der Waals surface area (Å²) in [5.74, 6) is -3.06. The van der Waals surface area contributed by atoms with Crippen molar-refractivity contribution in [2.45, 2.75) is 6.42 Å². The Kier molecular flexibility index (Phi) is 5.15. The molecule has 1 N–H and O–H groups in total. The Morgan fingerprint density at radius 3 is 2.28 bits per heavy atom. The van der Waals surface area contributed by atoms with Gasteiger partial charge in [0.25, 0.3) is 0 Å². The van der Waals surface area contributed by atoms with Gasteiger partial charge in [0.1, 0.15) is 17.5 Å². The summed E-state index contributed by atoms with van der Waals surface area (Å²) in [6.45, 7) is 0.306. The Morgan fingerprint density at radius 2 is 1.78 bits per heavy atom.